The third-order valence-electron chi connectivity index (χ3n) is 6.89. The Morgan fingerprint density at radius 3 is 2.09 bits per heavy atom. The minimum Gasteiger partial charge on any atom is -0.497 e. The Hall–Kier alpha value is -3.35. The summed E-state index contributed by atoms with van der Waals surface area (Å²) in [6.45, 7) is 2.59. The maximum absolute atomic E-state index is 13.5. The average molecular weight is 464 g/mol. The summed E-state index contributed by atoms with van der Waals surface area (Å²) in [6.07, 6.45) is 4.47. The van der Waals surface area contributed by atoms with Crippen molar-refractivity contribution in [3.05, 3.63) is 65.7 Å². The van der Waals surface area contributed by atoms with Gasteiger partial charge in [-0.05, 0) is 74.4 Å². The van der Waals surface area contributed by atoms with Crippen molar-refractivity contribution in [2.24, 2.45) is 5.92 Å². The number of rotatable bonds is 6. The molecule has 2 aliphatic rings. The lowest BCUT2D eigenvalue weighted by molar-refractivity contribution is -0.136. The van der Waals surface area contributed by atoms with Gasteiger partial charge in [-0.25, -0.2) is 0 Å². The lowest BCUT2D eigenvalue weighted by Crippen LogP contribution is -2.55. The zero-order chi connectivity index (χ0) is 23.9. The molecule has 2 aromatic rings. The van der Waals surface area contributed by atoms with E-state index >= 15 is 0 Å². The molecule has 2 fully saturated rings. The number of nitrogens with zero attached hydrogens (tertiary/aromatic N) is 2. The Morgan fingerprint density at radius 2 is 1.47 bits per heavy atom. The summed E-state index contributed by atoms with van der Waals surface area (Å²) in [7, 11) is 1.60. The van der Waals surface area contributed by atoms with Gasteiger partial charge in [0.2, 0.25) is 5.91 Å². The lowest BCUT2D eigenvalue weighted by Gasteiger charge is -2.38. The monoisotopic (exact) mass is 463 g/mol. The van der Waals surface area contributed by atoms with Crippen LogP contribution in [0.15, 0.2) is 54.6 Å². The maximum atomic E-state index is 13.5. The molecule has 1 N–H and O–H groups in total. The van der Waals surface area contributed by atoms with Crippen LogP contribution in [-0.4, -0.2) is 66.9 Å². The SMILES string of the molecule is COc1ccc(C(=O)N2CCC(C(NC(=O)c3ccccc3)C(=O)N3CCCCC3)CC2)cc1. The molecule has 1 unspecified atom stereocenters. The minimum atomic E-state index is -0.580. The molecule has 0 bridgehead atoms. The normalized spacial score (nSPS) is 17.7. The Kier molecular flexibility index (Phi) is 7.83. The second-order valence-corrected chi connectivity index (χ2v) is 9.06. The molecule has 2 heterocycles. The standard InChI is InChI=1S/C27H33N3O4/c1-34-23-12-10-22(11-13-23)26(32)30-18-14-20(15-19-30)24(27(33)29-16-6-3-7-17-29)28-25(31)21-8-4-2-5-9-21/h2,4-5,8-13,20,24H,3,6-7,14-19H2,1H3,(H,28,31). The summed E-state index contributed by atoms with van der Waals surface area (Å²) in [6, 6.07) is 15.6. The Balaban J connectivity index is 1.44. The highest BCUT2D eigenvalue weighted by atomic mass is 16.5. The van der Waals surface area contributed by atoms with Gasteiger partial charge in [0.15, 0.2) is 0 Å². The van der Waals surface area contributed by atoms with Crippen LogP contribution >= 0.6 is 0 Å². The second kappa shape index (κ2) is 11.2. The molecule has 180 valence electrons. The van der Waals surface area contributed by atoms with E-state index < -0.39 is 6.04 Å². The van der Waals surface area contributed by atoms with E-state index in [0.717, 1.165) is 32.4 Å². The number of amides is 3. The van der Waals surface area contributed by atoms with E-state index in [0.29, 0.717) is 42.8 Å². The van der Waals surface area contributed by atoms with Gasteiger partial charge in [0, 0.05) is 37.3 Å². The molecule has 0 aromatic heterocycles. The predicted molar refractivity (Wildman–Crippen MR) is 130 cm³/mol. The molecule has 0 aliphatic carbocycles. The van der Waals surface area contributed by atoms with Gasteiger partial charge in [-0.2, -0.15) is 0 Å². The molecule has 0 radical (unpaired) electrons. The third-order valence-corrected chi connectivity index (χ3v) is 6.89. The molecular weight excluding hydrogens is 430 g/mol. The number of carbonyl (C=O) groups is 3. The van der Waals surface area contributed by atoms with E-state index in [1.54, 1.807) is 43.5 Å². The molecule has 2 aromatic carbocycles. The Morgan fingerprint density at radius 1 is 0.824 bits per heavy atom. The quantitative estimate of drug-likeness (QED) is 0.713. The molecule has 7 nitrogen and oxygen atoms in total. The van der Waals surface area contributed by atoms with Crippen molar-refractivity contribution in [2.75, 3.05) is 33.3 Å². The molecule has 3 amide bonds. The highest BCUT2D eigenvalue weighted by Gasteiger charge is 2.36. The van der Waals surface area contributed by atoms with Crippen LogP contribution in [-0.2, 0) is 4.79 Å². The predicted octanol–water partition coefficient (Wildman–Crippen LogP) is 3.36. The topological polar surface area (TPSA) is 79.0 Å². The van der Waals surface area contributed by atoms with Crippen molar-refractivity contribution in [3.8, 4) is 5.75 Å². The molecule has 4 rings (SSSR count). The second-order valence-electron chi connectivity index (χ2n) is 9.06. The van der Waals surface area contributed by atoms with Crippen LogP contribution < -0.4 is 10.1 Å². The smallest absolute Gasteiger partial charge is 0.253 e. The summed E-state index contributed by atoms with van der Waals surface area (Å²) >= 11 is 0. The van der Waals surface area contributed by atoms with E-state index in [1.807, 2.05) is 28.0 Å². The van der Waals surface area contributed by atoms with Gasteiger partial charge in [0.1, 0.15) is 11.8 Å². The number of hydrogen-bond acceptors (Lipinski definition) is 4. The maximum Gasteiger partial charge on any atom is 0.253 e. The van der Waals surface area contributed by atoms with Crippen LogP contribution in [0.3, 0.4) is 0 Å². The van der Waals surface area contributed by atoms with Crippen molar-refractivity contribution >= 4 is 17.7 Å². The van der Waals surface area contributed by atoms with Crippen LogP contribution in [0.25, 0.3) is 0 Å². The zero-order valence-corrected chi connectivity index (χ0v) is 19.7. The van der Waals surface area contributed by atoms with E-state index in [1.165, 1.54) is 0 Å². The fourth-order valence-electron chi connectivity index (χ4n) is 4.86. The lowest BCUT2D eigenvalue weighted by atomic mass is 9.87. The Bertz CT molecular complexity index is 979. The molecule has 34 heavy (non-hydrogen) atoms. The average Bonchev–Trinajstić information content (AvgIpc) is 2.92. The number of likely N-dealkylation sites (tertiary alicyclic amines) is 2. The fraction of sp³-hybridized carbons (Fsp3) is 0.444. The van der Waals surface area contributed by atoms with Gasteiger partial charge in [0.25, 0.3) is 11.8 Å². The van der Waals surface area contributed by atoms with Crippen LogP contribution in [0.2, 0.25) is 0 Å². The van der Waals surface area contributed by atoms with Gasteiger partial charge in [-0.3, -0.25) is 14.4 Å². The largest absolute Gasteiger partial charge is 0.497 e. The number of hydrogen-bond donors (Lipinski definition) is 1. The Labute approximate surface area is 201 Å². The summed E-state index contributed by atoms with van der Waals surface area (Å²) in [5.41, 5.74) is 1.17. The van der Waals surface area contributed by atoms with E-state index in [2.05, 4.69) is 5.32 Å². The molecule has 0 saturated carbocycles. The van der Waals surface area contributed by atoms with E-state index in [4.69, 9.17) is 4.74 Å². The first kappa shape index (κ1) is 23.8. The van der Waals surface area contributed by atoms with Gasteiger partial charge in [-0.1, -0.05) is 18.2 Å². The van der Waals surface area contributed by atoms with Gasteiger partial charge in [-0.15, -0.1) is 0 Å². The third kappa shape index (κ3) is 5.58. The summed E-state index contributed by atoms with van der Waals surface area (Å²) < 4.78 is 5.18. The first-order chi connectivity index (χ1) is 16.6. The number of carbonyl (C=O) groups excluding carboxylic acids is 3. The summed E-state index contributed by atoms with van der Waals surface area (Å²) in [5, 5.41) is 3.04. The molecule has 2 aliphatic heterocycles. The van der Waals surface area contributed by atoms with Crippen molar-refractivity contribution in [1.29, 1.82) is 0 Å². The van der Waals surface area contributed by atoms with Crippen molar-refractivity contribution in [3.63, 3.8) is 0 Å². The number of ether oxygens (including phenoxy) is 1. The molecule has 2 saturated heterocycles. The number of nitrogens with one attached hydrogen (secondary N) is 1. The highest BCUT2D eigenvalue weighted by Crippen LogP contribution is 2.25. The summed E-state index contributed by atoms with van der Waals surface area (Å²) in [4.78, 5) is 43.1. The first-order valence-corrected chi connectivity index (χ1v) is 12.1. The molecule has 1 atom stereocenters. The van der Waals surface area contributed by atoms with Crippen LogP contribution in [0.5, 0.6) is 5.75 Å². The fourth-order valence-corrected chi connectivity index (χ4v) is 4.86. The molecule has 7 heteroatoms. The summed E-state index contributed by atoms with van der Waals surface area (Å²) in [5.74, 6) is 0.454. The number of benzene rings is 2. The van der Waals surface area contributed by atoms with Gasteiger partial charge in [0.05, 0.1) is 7.11 Å². The minimum absolute atomic E-state index is 0.00362. The number of piperidine rings is 2. The molecule has 0 spiro atoms. The molecular formula is C27H33N3O4. The van der Waals surface area contributed by atoms with Crippen molar-refractivity contribution < 1.29 is 19.1 Å². The van der Waals surface area contributed by atoms with Crippen molar-refractivity contribution in [1.82, 2.24) is 15.1 Å². The van der Waals surface area contributed by atoms with E-state index in [9.17, 15) is 14.4 Å². The van der Waals surface area contributed by atoms with Crippen LogP contribution in [0.4, 0.5) is 0 Å². The van der Waals surface area contributed by atoms with Crippen molar-refractivity contribution in [2.45, 2.75) is 38.1 Å². The number of methoxy groups -OCH3 is 1. The first-order valence-electron chi connectivity index (χ1n) is 12.1. The van der Waals surface area contributed by atoms with Crippen LogP contribution in [0.1, 0.15) is 52.8 Å². The van der Waals surface area contributed by atoms with Gasteiger partial charge >= 0.3 is 0 Å². The van der Waals surface area contributed by atoms with Gasteiger partial charge < -0.3 is 19.9 Å². The van der Waals surface area contributed by atoms with Crippen LogP contribution in [0, 0.1) is 5.92 Å². The van der Waals surface area contributed by atoms with E-state index in [-0.39, 0.29) is 23.6 Å². The highest BCUT2D eigenvalue weighted by molar-refractivity contribution is 5.97. The zero-order valence-electron chi connectivity index (χ0n) is 19.7.